The van der Waals surface area contributed by atoms with Gasteiger partial charge in [-0.1, -0.05) is 46.8 Å². The SMILES string of the molecule is CC(C)CN(CCCNC(=O)Nc1ccc(C(C)(C)C)cc1)CC1OCC(O)(n2cnc3c(N)ncnc32)C1O. The molecule has 2 aromatic heterocycles. The molecule has 0 aliphatic carbocycles. The molecule has 3 atom stereocenters. The number of rotatable bonds is 10. The summed E-state index contributed by atoms with van der Waals surface area (Å²) in [6.45, 7) is 12.9. The Kier molecular flexibility index (Phi) is 8.93. The van der Waals surface area contributed by atoms with Gasteiger partial charge in [-0.3, -0.25) is 4.57 Å². The normalized spacial score (nSPS) is 21.4. The number of aromatic nitrogens is 4. The van der Waals surface area contributed by atoms with Crippen LogP contribution in [0.1, 0.15) is 46.6 Å². The molecule has 1 fully saturated rings. The molecule has 1 aliphatic heterocycles. The first kappa shape index (κ1) is 29.7. The first-order valence-electron chi connectivity index (χ1n) is 13.7. The Bertz CT molecular complexity index is 1290. The van der Waals surface area contributed by atoms with Gasteiger partial charge in [-0.25, -0.2) is 19.7 Å². The third-order valence-electron chi connectivity index (χ3n) is 7.12. The minimum Gasteiger partial charge on any atom is -0.385 e. The minimum atomic E-state index is -1.74. The molecule has 0 bridgehead atoms. The summed E-state index contributed by atoms with van der Waals surface area (Å²) in [5, 5.41) is 28.3. The predicted octanol–water partition coefficient (Wildman–Crippen LogP) is 2.28. The van der Waals surface area contributed by atoms with Crippen LogP contribution in [-0.2, 0) is 15.9 Å². The maximum atomic E-state index is 12.4. The Hall–Kier alpha value is -3.32. The lowest BCUT2D eigenvalue weighted by molar-refractivity contribution is -0.109. The number of urea groups is 1. The fourth-order valence-electron chi connectivity index (χ4n) is 4.97. The maximum absolute atomic E-state index is 12.4. The number of imidazole rings is 1. The molecule has 1 aliphatic rings. The van der Waals surface area contributed by atoms with Crippen molar-refractivity contribution in [3.63, 3.8) is 0 Å². The van der Waals surface area contributed by atoms with Gasteiger partial charge in [0, 0.05) is 25.3 Å². The van der Waals surface area contributed by atoms with E-state index in [1.807, 2.05) is 24.3 Å². The monoisotopic (exact) mass is 554 g/mol. The molecule has 3 heterocycles. The van der Waals surface area contributed by atoms with E-state index in [4.69, 9.17) is 10.5 Å². The lowest BCUT2D eigenvalue weighted by Crippen LogP contribution is -2.49. The van der Waals surface area contributed by atoms with Crippen LogP contribution in [-0.4, -0.2) is 85.7 Å². The maximum Gasteiger partial charge on any atom is 0.319 e. The Balaban J connectivity index is 1.30. The summed E-state index contributed by atoms with van der Waals surface area (Å²) in [5.74, 6) is 0.572. The quantitative estimate of drug-likeness (QED) is 0.237. The molecular weight excluding hydrogens is 512 g/mol. The second-order valence-corrected chi connectivity index (χ2v) is 11.9. The fourth-order valence-corrected chi connectivity index (χ4v) is 4.97. The molecular formula is C28H42N8O4. The number of benzene rings is 1. The molecule has 12 nitrogen and oxygen atoms in total. The van der Waals surface area contributed by atoms with Gasteiger partial charge in [0.15, 0.2) is 17.2 Å². The van der Waals surface area contributed by atoms with Gasteiger partial charge < -0.3 is 36.2 Å². The number of nitrogens with zero attached hydrogens (tertiary/aromatic N) is 5. The highest BCUT2D eigenvalue weighted by molar-refractivity contribution is 5.89. The smallest absolute Gasteiger partial charge is 0.319 e. The number of nitrogens with one attached hydrogen (secondary N) is 2. The molecule has 12 heteroatoms. The van der Waals surface area contributed by atoms with Crippen LogP contribution >= 0.6 is 0 Å². The number of nitrogen functional groups attached to an aromatic ring is 1. The number of hydrogen-bond acceptors (Lipinski definition) is 9. The molecule has 2 amide bonds. The van der Waals surface area contributed by atoms with E-state index in [0.29, 0.717) is 43.1 Å². The van der Waals surface area contributed by atoms with Crippen LogP contribution < -0.4 is 16.4 Å². The molecule has 0 saturated carbocycles. The second-order valence-electron chi connectivity index (χ2n) is 11.9. The molecule has 3 unspecified atom stereocenters. The van der Waals surface area contributed by atoms with E-state index in [-0.39, 0.29) is 23.9 Å². The molecule has 1 saturated heterocycles. The highest BCUT2D eigenvalue weighted by Crippen LogP contribution is 2.33. The van der Waals surface area contributed by atoms with Crippen molar-refractivity contribution < 1.29 is 19.7 Å². The van der Waals surface area contributed by atoms with Crippen molar-refractivity contribution in [2.45, 2.75) is 64.4 Å². The number of nitrogens with two attached hydrogens (primary N) is 1. The van der Waals surface area contributed by atoms with Gasteiger partial charge in [-0.05, 0) is 42.0 Å². The van der Waals surface area contributed by atoms with E-state index in [2.05, 4.69) is 65.1 Å². The Morgan fingerprint density at radius 2 is 1.98 bits per heavy atom. The summed E-state index contributed by atoms with van der Waals surface area (Å²) in [4.78, 5) is 26.9. The Morgan fingerprint density at radius 1 is 1.25 bits per heavy atom. The van der Waals surface area contributed by atoms with Crippen LogP contribution in [0.2, 0.25) is 0 Å². The van der Waals surface area contributed by atoms with Crippen molar-refractivity contribution in [1.82, 2.24) is 29.7 Å². The number of aliphatic hydroxyl groups is 2. The van der Waals surface area contributed by atoms with E-state index < -0.39 is 17.9 Å². The van der Waals surface area contributed by atoms with Crippen LogP contribution in [0, 0.1) is 5.92 Å². The van der Waals surface area contributed by atoms with Crippen molar-refractivity contribution in [3.05, 3.63) is 42.5 Å². The van der Waals surface area contributed by atoms with E-state index >= 15 is 0 Å². The fraction of sp³-hybridized carbons (Fsp3) is 0.571. The van der Waals surface area contributed by atoms with Crippen molar-refractivity contribution in [3.8, 4) is 0 Å². The highest BCUT2D eigenvalue weighted by Gasteiger charge is 2.50. The number of ether oxygens (including phenoxy) is 1. The topological polar surface area (TPSA) is 164 Å². The lowest BCUT2D eigenvalue weighted by atomic mass is 9.87. The van der Waals surface area contributed by atoms with Gasteiger partial charge >= 0.3 is 6.03 Å². The molecule has 3 aromatic rings. The second kappa shape index (κ2) is 12.0. The zero-order chi connectivity index (χ0) is 29.1. The van der Waals surface area contributed by atoms with E-state index in [1.54, 1.807) is 0 Å². The number of carbonyl (C=O) groups is 1. The van der Waals surface area contributed by atoms with Crippen LogP contribution in [0.5, 0.6) is 0 Å². The molecule has 40 heavy (non-hydrogen) atoms. The number of anilines is 2. The first-order chi connectivity index (χ1) is 18.9. The van der Waals surface area contributed by atoms with Gasteiger partial charge in [0.2, 0.25) is 0 Å². The van der Waals surface area contributed by atoms with E-state index in [1.165, 1.54) is 22.8 Å². The zero-order valence-electron chi connectivity index (χ0n) is 24.0. The van der Waals surface area contributed by atoms with Crippen molar-refractivity contribution in [2.24, 2.45) is 5.92 Å². The third kappa shape index (κ3) is 6.69. The van der Waals surface area contributed by atoms with Gasteiger partial charge in [-0.2, -0.15) is 0 Å². The lowest BCUT2D eigenvalue weighted by Gasteiger charge is -2.31. The van der Waals surface area contributed by atoms with Crippen LogP contribution in [0.15, 0.2) is 36.9 Å². The molecule has 0 spiro atoms. The molecule has 1 aromatic carbocycles. The van der Waals surface area contributed by atoms with Gasteiger partial charge in [0.1, 0.15) is 24.1 Å². The summed E-state index contributed by atoms with van der Waals surface area (Å²) in [6, 6.07) is 7.62. The largest absolute Gasteiger partial charge is 0.385 e. The molecule has 4 rings (SSSR count). The van der Waals surface area contributed by atoms with Crippen LogP contribution in [0.25, 0.3) is 11.2 Å². The third-order valence-corrected chi connectivity index (χ3v) is 7.12. The summed E-state index contributed by atoms with van der Waals surface area (Å²) in [5.41, 5.74) is 6.82. The van der Waals surface area contributed by atoms with Gasteiger partial charge in [0.05, 0.1) is 12.9 Å². The van der Waals surface area contributed by atoms with E-state index in [9.17, 15) is 15.0 Å². The Labute approximate surface area is 235 Å². The molecule has 6 N–H and O–H groups in total. The standard InChI is InChI=1S/C28H42N8O4/c1-18(2)13-35(12-6-11-30-26(38)34-20-9-7-19(8-10-20)27(3,4)5)14-21-23(37)28(39,15-40-21)36-17-33-22-24(29)31-16-32-25(22)36/h7-10,16-18,21,23,37,39H,6,11-15H2,1-5H3,(H2,29,31,32)(H2,30,34,38). The average molecular weight is 555 g/mol. The van der Waals surface area contributed by atoms with E-state index in [0.717, 1.165) is 12.2 Å². The number of aliphatic hydroxyl groups excluding tert-OH is 1. The van der Waals surface area contributed by atoms with Crippen LogP contribution in [0.4, 0.5) is 16.3 Å². The van der Waals surface area contributed by atoms with Crippen LogP contribution in [0.3, 0.4) is 0 Å². The zero-order valence-corrected chi connectivity index (χ0v) is 24.0. The predicted molar refractivity (Wildman–Crippen MR) is 154 cm³/mol. The number of amides is 2. The average Bonchev–Trinajstić information content (AvgIpc) is 3.45. The number of carbonyl (C=O) groups excluding carboxylic acids is 1. The first-order valence-corrected chi connectivity index (χ1v) is 13.7. The summed E-state index contributed by atoms with van der Waals surface area (Å²) in [7, 11) is 0. The minimum absolute atomic E-state index is 0.0538. The van der Waals surface area contributed by atoms with Crippen molar-refractivity contribution in [2.75, 3.05) is 43.8 Å². The Morgan fingerprint density at radius 3 is 2.65 bits per heavy atom. The van der Waals surface area contributed by atoms with Gasteiger partial charge in [-0.15, -0.1) is 0 Å². The number of fused-ring (bicyclic) bond motifs is 1. The molecule has 218 valence electrons. The van der Waals surface area contributed by atoms with Gasteiger partial charge in [0.25, 0.3) is 0 Å². The number of hydrogen-bond donors (Lipinski definition) is 5. The highest BCUT2D eigenvalue weighted by atomic mass is 16.5. The summed E-state index contributed by atoms with van der Waals surface area (Å²) < 4.78 is 7.29. The summed E-state index contributed by atoms with van der Waals surface area (Å²) >= 11 is 0. The summed E-state index contributed by atoms with van der Waals surface area (Å²) in [6.07, 6.45) is 1.54. The van der Waals surface area contributed by atoms with Crippen molar-refractivity contribution in [1.29, 1.82) is 0 Å². The molecule has 0 radical (unpaired) electrons. The van der Waals surface area contributed by atoms with Crippen molar-refractivity contribution >= 4 is 28.7 Å².